The molecule has 0 spiro atoms. The molecule has 0 bridgehead atoms. The first-order valence-electron chi connectivity index (χ1n) is 6.37. The van der Waals surface area contributed by atoms with Gasteiger partial charge in [-0.2, -0.15) is 0 Å². The second-order valence-electron chi connectivity index (χ2n) is 5.87. The van der Waals surface area contributed by atoms with Crippen molar-refractivity contribution in [3.8, 4) is 0 Å². The van der Waals surface area contributed by atoms with Crippen LogP contribution in [0, 0.1) is 5.41 Å². The largest absolute Gasteiger partial charge is 0.349 e. The lowest BCUT2D eigenvalue weighted by Gasteiger charge is -2.29. The van der Waals surface area contributed by atoms with Crippen molar-refractivity contribution in [3.05, 3.63) is 35.4 Å². The molecular weight excluding hydrogens is 210 g/mol. The van der Waals surface area contributed by atoms with E-state index in [2.05, 4.69) is 29.6 Å². The highest BCUT2D eigenvalue weighted by atomic mass is 16.2. The van der Waals surface area contributed by atoms with Gasteiger partial charge in [-0.3, -0.25) is 4.79 Å². The van der Waals surface area contributed by atoms with Crippen molar-refractivity contribution >= 4 is 5.91 Å². The number of nitrogens with one attached hydrogen (secondary N) is 1. The molecule has 0 aromatic heterocycles. The number of aryl methyl sites for hydroxylation is 1. The number of carbonyl (C=O) groups excluding carboxylic acids is 1. The Morgan fingerprint density at radius 2 is 2.00 bits per heavy atom. The Hall–Kier alpha value is -1.31. The zero-order chi connectivity index (χ0) is 12.5. The highest BCUT2D eigenvalue weighted by Gasteiger charge is 2.27. The fourth-order valence-corrected chi connectivity index (χ4v) is 2.28. The molecule has 2 nitrogen and oxygen atoms in total. The molecule has 0 saturated carbocycles. The van der Waals surface area contributed by atoms with Gasteiger partial charge in [-0.25, -0.2) is 0 Å². The minimum absolute atomic E-state index is 0.138. The van der Waals surface area contributed by atoms with E-state index in [1.807, 2.05) is 20.8 Å². The molecule has 17 heavy (non-hydrogen) atoms. The first-order valence-corrected chi connectivity index (χ1v) is 6.37. The molecule has 1 aliphatic rings. The van der Waals surface area contributed by atoms with Gasteiger partial charge in [-0.1, -0.05) is 45.0 Å². The molecule has 0 heterocycles. The van der Waals surface area contributed by atoms with Crippen LogP contribution in [-0.4, -0.2) is 5.91 Å². The van der Waals surface area contributed by atoms with E-state index >= 15 is 0 Å². The van der Waals surface area contributed by atoms with E-state index in [9.17, 15) is 4.79 Å². The molecule has 0 radical (unpaired) electrons. The second kappa shape index (κ2) is 4.52. The van der Waals surface area contributed by atoms with Gasteiger partial charge in [0, 0.05) is 5.41 Å². The van der Waals surface area contributed by atoms with Crippen molar-refractivity contribution in [1.29, 1.82) is 0 Å². The second-order valence-corrected chi connectivity index (χ2v) is 5.87. The third kappa shape index (κ3) is 2.68. The monoisotopic (exact) mass is 231 g/mol. The molecule has 1 aromatic rings. The Labute approximate surface area is 103 Å². The number of hydrogen-bond acceptors (Lipinski definition) is 1. The van der Waals surface area contributed by atoms with Crippen LogP contribution in [0.1, 0.15) is 50.8 Å². The Morgan fingerprint density at radius 1 is 1.29 bits per heavy atom. The molecule has 1 aliphatic carbocycles. The van der Waals surface area contributed by atoms with Crippen LogP contribution >= 0.6 is 0 Å². The van der Waals surface area contributed by atoms with E-state index in [4.69, 9.17) is 0 Å². The predicted octanol–water partition coefficient (Wildman–Crippen LogP) is 3.23. The zero-order valence-corrected chi connectivity index (χ0v) is 10.9. The maximum absolute atomic E-state index is 12.0. The van der Waals surface area contributed by atoms with Crippen LogP contribution in [0.2, 0.25) is 0 Å². The van der Waals surface area contributed by atoms with Crippen LogP contribution < -0.4 is 5.32 Å². The van der Waals surface area contributed by atoms with Crippen molar-refractivity contribution in [2.24, 2.45) is 5.41 Å². The molecule has 2 rings (SSSR count). The van der Waals surface area contributed by atoms with Crippen LogP contribution in [0.5, 0.6) is 0 Å². The Bertz CT molecular complexity index is 417. The fourth-order valence-electron chi connectivity index (χ4n) is 2.28. The molecule has 2 heteroatoms. The van der Waals surface area contributed by atoms with Crippen molar-refractivity contribution < 1.29 is 4.79 Å². The van der Waals surface area contributed by atoms with E-state index in [-0.39, 0.29) is 17.4 Å². The SMILES string of the molecule is CC(C)(C)C(=O)NC1CCCc2ccccc21. The van der Waals surface area contributed by atoms with Crippen molar-refractivity contribution in [3.63, 3.8) is 0 Å². The molecule has 0 saturated heterocycles. The summed E-state index contributed by atoms with van der Waals surface area (Å²) in [6.45, 7) is 5.87. The third-order valence-corrected chi connectivity index (χ3v) is 3.36. The Balaban J connectivity index is 2.17. The van der Waals surface area contributed by atoms with E-state index < -0.39 is 0 Å². The van der Waals surface area contributed by atoms with E-state index in [0.717, 1.165) is 19.3 Å². The summed E-state index contributed by atoms with van der Waals surface area (Å²) >= 11 is 0. The average Bonchev–Trinajstić information content (AvgIpc) is 2.28. The third-order valence-electron chi connectivity index (χ3n) is 3.36. The summed E-state index contributed by atoms with van der Waals surface area (Å²) in [5.41, 5.74) is 2.38. The highest BCUT2D eigenvalue weighted by molar-refractivity contribution is 5.81. The summed E-state index contributed by atoms with van der Waals surface area (Å²) in [5.74, 6) is 0.138. The number of carbonyl (C=O) groups is 1. The maximum atomic E-state index is 12.0. The average molecular weight is 231 g/mol. The van der Waals surface area contributed by atoms with Gasteiger partial charge in [-0.05, 0) is 30.4 Å². The molecule has 1 unspecified atom stereocenters. The minimum Gasteiger partial charge on any atom is -0.349 e. The highest BCUT2D eigenvalue weighted by Crippen LogP contribution is 2.30. The van der Waals surface area contributed by atoms with Gasteiger partial charge >= 0.3 is 0 Å². The van der Waals surface area contributed by atoms with Gasteiger partial charge in [0.2, 0.25) is 5.91 Å². The van der Waals surface area contributed by atoms with Crippen LogP contribution in [0.3, 0.4) is 0 Å². The lowest BCUT2D eigenvalue weighted by atomic mass is 9.86. The number of hydrogen-bond donors (Lipinski definition) is 1. The quantitative estimate of drug-likeness (QED) is 0.790. The van der Waals surface area contributed by atoms with Gasteiger partial charge in [0.05, 0.1) is 6.04 Å². The number of rotatable bonds is 1. The van der Waals surface area contributed by atoms with Crippen molar-refractivity contribution in [2.45, 2.75) is 46.1 Å². The Morgan fingerprint density at radius 3 is 2.71 bits per heavy atom. The van der Waals surface area contributed by atoms with Crippen molar-refractivity contribution in [1.82, 2.24) is 5.32 Å². The predicted molar refractivity (Wildman–Crippen MR) is 69.7 cm³/mol. The van der Waals surface area contributed by atoms with Crippen molar-refractivity contribution in [2.75, 3.05) is 0 Å². The van der Waals surface area contributed by atoms with Crippen LogP contribution in [0.4, 0.5) is 0 Å². The standard InChI is InChI=1S/C15H21NO/c1-15(2,3)14(17)16-13-10-6-8-11-7-4-5-9-12(11)13/h4-5,7,9,13H,6,8,10H2,1-3H3,(H,16,17). The van der Waals surface area contributed by atoms with Crippen LogP contribution in [0.25, 0.3) is 0 Å². The smallest absolute Gasteiger partial charge is 0.225 e. The summed E-state index contributed by atoms with van der Waals surface area (Å²) in [4.78, 5) is 12.0. The van der Waals surface area contributed by atoms with E-state index in [1.165, 1.54) is 11.1 Å². The molecule has 1 atom stereocenters. The zero-order valence-electron chi connectivity index (χ0n) is 10.9. The first kappa shape index (κ1) is 12.2. The summed E-state index contributed by atoms with van der Waals surface area (Å²) in [6, 6.07) is 8.65. The number of amides is 1. The lowest BCUT2D eigenvalue weighted by Crippen LogP contribution is -2.38. The molecule has 0 aliphatic heterocycles. The molecule has 92 valence electrons. The summed E-state index contributed by atoms with van der Waals surface area (Å²) < 4.78 is 0. The lowest BCUT2D eigenvalue weighted by molar-refractivity contribution is -0.129. The number of fused-ring (bicyclic) bond motifs is 1. The molecular formula is C15H21NO. The van der Waals surface area contributed by atoms with Gasteiger partial charge < -0.3 is 5.32 Å². The molecule has 0 fully saturated rings. The maximum Gasteiger partial charge on any atom is 0.225 e. The number of benzene rings is 1. The topological polar surface area (TPSA) is 29.1 Å². The van der Waals surface area contributed by atoms with Gasteiger partial charge in [0.25, 0.3) is 0 Å². The van der Waals surface area contributed by atoms with Crippen LogP contribution in [0.15, 0.2) is 24.3 Å². The van der Waals surface area contributed by atoms with Crippen LogP contribution in [-0.2, 0) is 11.2 Å². The molecule has 1 aromatic carbocycles. The molecule has 1 amide bonds. The first-order chi connectivity index (χ1) is 7.98. The van der Waals surface area contributed by atoms with Gasteiger partial charge in [0.1, 0.15) is 0 Å². The fraction of sp³-hybridized carbons (Fsp3) is 0.533. The minimum atomic E-state index is -0.313. The molecule has 1 N–H and O–H groups in total. The van der Waals surface area contributed by atoms with E-state index in [1.54, 1.807) is 0 Å². The summed E-state index contributed by atoms with van der Waals surface area (Å²) in [7, 11) is 0. The Kier molecular flexibility index (Phi) is 3.23. The van der Waals surface area contributed by atoms with Gasteiger partial charge in [0.15, 0.2) is 0 Å². The normalized spacial score (nSPS) is 19.6. The van der Waals surface area contributed by atoms with Gasteiger partial charge in [-0.15, -0.1) is 0 Å². The summed E-state index contributed by atoms with van der Waals surface area (Å²) in [6.07, 6.45) is 3.35. The van der Waals surface area contributed by atoms with E-state index in [0.29, 0.717) is 0 Å². The summed E-state index contributed by atoms with van der Waals surface area (Å²) in [5, 5.41) is 3.18.